The Labute approximate surface area is 111 Å². The minimum absolute atomic E-state index is 0.246. The summed E-state index contributed by atoms with van der Waals surface area (Å²) in [6, 6.07) is 7.19. The molecule has 0 saturated heterocycles. The van der Waals surface area contributed by atoms with Crippen molar-refractivity contribution in [1.29, 1.82) is 0 Å². The number of methoxy groups -OCH3 is 1. The van der Waals surface area contributed by atoms with Crippen molar-refractivity contribution in [3.05, 3.63) is 30.1 Å². The van der Waals surface area contributed by atoms with Crippen LogP contribution in [-0.2, 0) is 16.0 Å². The van der Waals surface area contributed by atoms with Crippen molar-refractivity contribution in [2.45, 2.75) is 19.4 Å². The van der Waals surface area contributed by atoms with Gasteiger partial charge in [0.2, 0.25) is 0 Å². The molecule has 0 saturated carbocycles. The second-order valence-corrected chi connectivity index (χ2v) is 4.22. The van der Waals surface area contributed by atoms with Crippen LogP contribution >= 0.6 is 0 Å². The molecule has 0 bridgehead atoms. The van der Waals surface area contributed by atoms with Gasteiger partial charge in [-0.2, -0.15) is 0 Å². The second kappa shape index (κ2) is 5.81. The van der Waals surface area contributed by atoms with Gasteiger partial charge in [0.25, 0.3) is 5.91 Å². The van der Waals surface area contributed by atoms with E-state index in [9.17, 15) is 4.79 Å². The number of rotatable bonds is 5. The quantitative estimate of drug-likeness (QED) is 0.474. The number of para-hydroxylation sites is 2. The average molecular weight is 262 g/mol. The fourth-order valence-corrected chi connectivity index (χ4v) is 2.21. The molecule has 1 amide bonds. The number of aromatic nitrogens is 2. The van der Waals surface area contributed by atoms with E-state index in [0.29, 0.717) is 0 Å². The molecular formula is C13H18N4O2. The number of hydrogen-bond acceptors (Lipinski definition) is 4. The first-order chi connectivity index (χ1) is 9.22. The maximum Gasteiger partial charge on any atom is 0.259 e. The predicted molar refractivity (Wildman–Crippen MR) is 72.4 cm³/mol. The Morgan fingerprint density at radius 3 is 2.89 bits per heavy atom. The van der Waals surface area contributed by atoms with E-state index in [-0.39, 0.29) is 12.5 Å². The lowest BCUT2D eigenvalue weighted by Crippen LogP contribution is -2.39. The number of nitrogens with two attached hydrogens (primary N) is 1. The van der Waals surface area contributed by atoms with Crippen LogP contribution in [0.2, 0.25) is 0 Å². The Bertz CT molecular complexity index is 579. The van der Waals surface area contributed by atoms with Crippen LogP contribution in [0.5, 0.6) is 0 Å². The monoisotopic (exact) mass is 262 g/mol. The van der Waals surface area contributed by atoms with Gasteiger partial charge in [0.05, 0.1) is 17.6 Å². The third-order valence-corrected chi connectivity index (χ3v) is 3.07. The Balaban J connectivity index is 2.59. The van der Waals surface area contributed by atoms with E-state index in [4.69, 9.17) is 10.6 Å². The summed E-state index contributed by atoms with van der Waals surface area (Å²) in [5.74, 6) is 5.80. The second-order valence-electron chi connectivity index (χ2n) is 4.22. The molecule has 1 heterocycles. The largest absolute Gasteiger partial charge is 0.382 e. The topological polar surface area (TPSA) is 82.2 Å². The SMILES string of the molecule is CCc1nc2ccccc2n1C(COC)C(=O)NN. The number of fused-ring (bicyclic) bond motifs is 1. The number of ether oxygens (including phenoxy) is 1. The lowest BCUT2D eigenvalue weighted by Gasteiger charge is -2.19. The van der Waals surface area contributed by atoms with Crippen molar-refractivity contribution in [2.75, 3.05) is 13.7 Å². The number of carbonyl (C=O) groups is 1. The zero-order chi connectivity index (χ0) is 13.8. The first kappa shape index (κ1) is 13.5. The minimum Gasteiger partial charge on any atom is -0.382 e. The number of nitrogens with one attached hydrogen (secondary N) is 1. The molecule has 0 radical (unpaired) electrons. The number of hydrazine groups is 1. The van der Waals surface area contributed by atoms with E-state index in [1.54, 1.807) is 7.11 Å². The fraction of sp³-hybridized carbons (Fsp3) is 0.385. The first-order valence-corrected chi connectivity index (χ1v) is 6.18. The van der Waals surface area contributed by atoms with Gasteiger partial charge in [0.15, 0.2) is 0 Å². The van der Waals surface area contributed by atoms with Crippen molar-refractivity contribution in [3.63, 3.8) is 0 Å². The molecule has 1 unspecified atom stereocenters. The predicted octanol–water partition coefficient (Wildman–Crippen LogP) is 0.776. The van der Waals surface area contributed by atoms with Crippen LogP contribution in [0.4, 0.5) is 0 Å². The lowest BCUT2D eigenvalue weighted by molar-refractivity contribution is -0.125. The number of benzene rings is 1. The van der Waals surface area contributed by atoms with Crippen molar-refractivity contribution in [1.82, 2.24) is 15.0 Å². The number of imidazole rings is 1. The fourth-order valence-electron chi connectivity index (χ4n) is 2.21. The van der Waals surface area contributed by atoms with Crippen LogP contribution in [0.25, 0.3) is 11.0 Å². The molecule has 0 aliphatic rings. The van der Waals surface area contributed by atoms with Gasteiger partial charge in [0.1, 0.15) is 11.9 Å². The van der Waals surface area contributed by atoms with Gasteiger partial charge in [0, 0.05) is 13.5 Å². The van der Waals surface area contributed by atoms with Gasteiger partial charge in [-0.15, -0.1) is 0 Å². The van der Waals surface area contributed by atoms with Gasteiger partial charge in [-0.05, 0) is 12.1 Å². The summed E-state index contributed by atoms with van der Waals surface area (Å²) in [5.41, 5.74) is 3.96. The number of carbonyl (C=O) groups excluding carboxylic acids is 1. The van der Waals surface area contributed by atoms with Crippen LogP contribution in [0.15, 0.2) is 24.3 Å². The van der Waals surface area contributed by atoms with Crippen molar-refractivity contribution in [3.8, 4) is 0 Å². The molecule has 3 N–H and O–H groups in total. The zero-order valence-electron chi connectivity index (χ0n) is 11.1. The van der Waals surface area contributed by atoms with E-state index in [0.717, 1.165) is 23.3 Å². The maximum absolute atomic E-state index is 11.9. The molecule has 2 rings (SSSR count). The van der Waals surface area contributed by atoms with E-state index < -0.39 is 6.04 Å². The maximum atomic E-state index is 11.9. The van der Waals surface area contributed by atoms with E-state index >= 15 is 0 Å². The third kappa shape index (κ3) is 2.45. The summed E-state index contributed by atoms with van der Waals surface area (Å²) >= 11 is 0. The summed E-state index contributed by atoms with van der Waals surface area (Å²) in [4.78, 5) is 16.5. The molecule has 1 aromatic heterocycles. The molecule has 0 spiro atoms. The summed E-state index contributed by atoms with van der Waals surface area (Å²) < 4.78 is 7.02. The normalized spacial score (nSPS) is 12.6. The highest BCUT2D eigenvalue weighted by Gasteiger charge is 2.24. The number of hydrogen-bond donors (Lipinski definition) is 2. The lowest BCUT2D eigenvalue weighted by atomic mass is 10.2. The molecule has 102 valence electrons. The van der Waals surface area contributed by atoms with Crippen LogP contribution in [0.3, 0.4) is 0 Å². The molecule has 19 heavy (non-hydrogen) atoms. The number of aryl methyl sites for hydroxylation is 1. The number of amides is 1. The summed E-state index contributed by atoms with van der Waals surface area (Å²) in [6.07, 6.45) is 0.729. The smallest absolute Gasteiger partial charge is 0.259 e. The molecule has 0 aliphatic heterocycles. The van der Waals surface area contributed by atoms with Gasteiger partial charge in [-0.3, -0.25) is 10.2 Å². The first-order valence-electron chi connectivity index (χ1n) is 6.18. The molecule has 0 fully saturated rings. The highest BCUT2D eigenvalue weighted by Crippen LogP contribution is 2.22. The zero-order valence-corrected chi connectivity index (χ0v) is 11.1. The summed E-state index contributed by atoms with van der Waals surface area (Å²) in [5, 5.41) is 0. The van der Waals surface area contributed by atoms with E-state index in [1.807, 2.05) is 35.8 Å². The molecule has 6 heteroatoms. The highest BCUT2D eigenvalue weighted by atomic mass is 16.5. The van der Waals surface area contributed by atoms with Gasteiger partial charge >= 0.3 is 0 Å². The molecule has 1 aromatic carbocycles. The highest BCUT2D eigenvalue weighted by molar-refractivity contribution is 5.84. The van der Waals surface area contributed by atoms with E-state index in [2.05, 4.69) is 10.4 Å². The van der Waals surface area contributed by atoms with Crippen LogP contribution in [0, 0.1) is 0 Å². The van der Waals surface area contributed by atoms with Gasteiger partial charge in [-0.25, -0.2) is 10.8 Å². The average Bonchev–Trinajstić information content (AvgIpc) is 2.82. The molecule has 6 nitrogen and oxygen atoms in total. The molecule has 0 aliphatic carbocycles. The van der Waals surface area contributed by atoms with Crippen molar-refractivity contribution >= 4 is 16.9 Å². The van der Waals surface area contributed by atoms with Crippen molar-refractivity contribution in [2.24, 2.45) is 5.84 Å². The summed E-state index contributed by atoms with van der Waals surface area (Å²) in [7, 11) is 1.56. The van der Waals surface area contributed by atoms with E-state index in [1.165, 1.54) is 0 Å². The van der Waals surface area contributed by atoms with Crippen LogP contribution in [0.1, 0.15) is 18.8 Å². The van der Waals surface area contributed by atoms with Gasteiger partial charge in [-0.1, -0.05) is 19.1 Å². The van der Waals surface area contributed by atoms with Crippen LogP contribution in [-0.4, -0.2) is 29.2 Å². The molecular weight excluding hydrogens is 244 g/mol. The Morgan fingerprint density at radius 2 is 2.26 bits per heavy atom. The Hall–Kier alpha value is -1.92. The van der Waals surface area contributed by atoms with Crippen molar-refractivity contribution < 1.29 is 9.53 Å². The summed E-state index contributed by atoms with van der Waals surface area (Å²) in [6.45, 7) is 2.25. The Kier molecular flexibility index (Phi) is 4.13. The third-order valence-electron chi connectivity index (χ3n) is 3.07. The molecule has 2 aromatic rings. The number of nitrogens with zero attached hydrogens (tertiary/aromatic N) is 2. The van der Waals surface area contributed by atoms with Crippen LogP contribution < -0.4 is 11.3 Å². The standard InChI is InChI=1S/C13H18N4O2/c1-3-12-15-9-6-4-5-7-10(9)17(12)11(8-19-2)13(18)16-14/h4-7,11H,3,8,14H2,1-2H3,(H,16,18). The minimum atomic E-state index is -0.516. The van der Waals surface area contributed by atoms with Gasteiger partial charge < -0.3 is 9.30 Å². The molecule has 1 atom stereocenters. The Morgan fingerprint density at radius 1 is 1.53 bits per heavy atom.